The van der Waals surface area contributed by atoms with E-state index >= 15 is 0 Å². The molecule has 1 amide bonds. The molecule has 0 N–H and O–H groups in total. The number of nitrogens with zero attached hydrogens (tertiary/aromatic N) is 3. The van der Waals surface area contributed by atoms with E-state index < -0.39 is 5.82 Å². The number of rotatable bonds is 6. The van der Waals surface area contributed by atoms with Crippen molar-refractivity contribution in [1.82, 2.24) is 14.5 Å². The van der Waals surface area contributed by atoms with Crippen LogP contribution in [0.4, 0.5) is 4.39 Å². The summed E-state index contributed by atoms with van der Waals surface area (Å²) < 4.78 is 15.6. The van der Waals surface area contributed by atoms with E-state index in [0.717, 1.165) is 18.7 Å². The van der Waals surface area contributed by atoms with Crippen LogP contribution in [-0.4, -0.2) is 34.0 Å². The molecule has 0 aliphatic carbocycles. The van der Waals surface area contributed by atoms with Crippen molar-refractivity contribution in [3.63, 3.8) is 0 Å². The number of imidazole rings is 1. The maximum Gasteiger partial charge on any atom is 0.226 e. The van der Waals surface area contributed by atoms with Gasteiger partial charge in [0.15, 0.2) is 0 Å². The Labute approximate surface area is 134 Å². The number of amides is 1. The van der Waals surface area contributed by atoms with Crippen molar-refractivity contribution in [2.75, 3.05) is 13.6 Å². The quantitative estimate of drug-likeness (QED) is 0.820. The zero-order valence-electron chi connectivity index (χ0n) is 12.7. The number of likely N-dealkylation sites (N-methyl/N-ethyl adjacent to an activating group) is 1. The molecule has 0 saturated carbocycles. The van der Waals surface area contributed by atoms with Gasteiger partial charge in [0.05, 0.1) is 6.42 Å². The Hall–Kier alpha value is -1.88. The molecule has 0 saturated heterocycles. The molecular formula is C16H19ClFN3O. The summed E-state index contributed by atoms with van der Waals surface area (Å²) in [6.45, 7) is 0.595. The third-order valence-corrected chi connectivity index (χ3v) is 3.98. The van der Waals surface area contributed by atoms with E-state index in [1.165, 1.54) is 12.1 Å². The van der Waals surface area contributed by atoms with Crippen LogP contribution in [0.1, 0.15) is 17.8 Å². The van der Waals surface area contributed by atoms with Gasteiger partial charge in [-0.15, -0.1) is 0 Å². The van der Waals surface area contributed by atoms with Gasteiger partial charge < -0.3 is 9.47 Å². The number of carbonyl (C=O) groups is 1. The molecular weight excluding hydrogens is 305 g/mol. The molecule has 4 nitrogen and oxygen atoms in total. The van der Waals surface area contributed by atoms with E-state index in [1.807, 2.05) is 17.8 Å². The molecule has 0 aliphatic heterocycles. The monoisotopic (exact) mass is 323 g/mol. The maximum atomic E-state index is 13.7. The van der Waals surface area contributed by atoms with Crippen LogP contribution in [0.3, 0.4) is 0 Å². The summed E-state index contributed by atoms with van der Waals surface area (Å²) in [6.07, 6.45) is 5.22. The van der Waals surface area contributed by atoms with Gasteiger partial charge in [-0.3, -0.25) is 4.79 Å². The highest BCUT2D eigenvalue weighted by molar-refractivity contribution is 6.31. The van der Waals surface area contributed by atoms with E-state index in [1.54, 1.807) is 24.2 Å². The third-order valence-electron chi connectivity index (χ3n) is 3.63. The lowest BCUT2D eigenvalue weighted by molar-refractivity contribution is -0.129. The summed E-state index contributed by atoms with van der Waals surface area (Å²) in [5.41, 5.74) is 0.255. The van der Waals surface area contributed by atoms with Gasteiger partial charge in [0.25, 0.3) is 0 Å². The summed E-state index contributed by atoms with van der Waals surface area (Å²) in [5.74, 6) is 0.395. The molecule has 0 unspecified atom stereocenters. The van der Waals surface area contributed by atoms with Gasteiger partial charge in [-0.1, -0.05) is 17.7 Å². The molecule has 0 aliphatic rings. The summed E-state index contributed by atoms with van der Waals surface area (Å²) >= 11 is 5.95. The molecule has 118 valence electrons. The topological polar surface area (TPSA) is 38.1 Å². The summed E-state index contributed by atoms with van der Waals surface area (Å²) in [7, 11) is 3.66. The highest BCUT2D eigenvalue weighted by Crippen LogP contribution is 2.20. The van der Waals surface area contributed by atoms with Gasteiger partial charge in [-0.2, -0.15) is 0 Å². The predicted octanol–water partition coefficient (Wildman–Crippen LogP) is 2.85. The molecule has 2 aromatic rings. The Bertz CT molecular complexity index is 636. The van der Waals surface area contributed by atoms with Crippen LogP contribution >= 0.6 is 11.6 Å². The van der Waals surface area contributed by atoms with E-state index in [9.17, 15) is 9.18 Å². The summed E-state index contributed by atoms with van der Waals surface area (Å²) in [5, 5.41) is 0.287. The van der Waals surface area contributed by atoms with Crippen molar-refractivity contribution in [2.45, 2.75) is 19.3 Å². The molecule has 0 fully saturated rings. The molecule has 2 rings (SSSR count). The fourth-order valence-electron chi connectivity index (χ4n) is 2.22. The van der Waals surface area contributed by atoms with E-state index in [4.69, 9.17) is 11.6 Å². The zero-order valence-corrected chi connectivity index (χ0v) is 13.5. The molecule has 1 heterocycles. The van der Waals surface area contributed by atoms with Crippen molar-refractivity contribution < 1.29 is 9.18 Å². The number of carbonyl (C=O) groups excluding carboxylic acids is 1. The standard InChI is InChI=1S/C16H19ClFN3O/c1-20-10-8-19-15(20)7-4-9-21(2)16(22)11-12-13(17)5-3-6-14(12)18/h3,5-6,8,10H,4,7,9,11H2,1-2H3. The van der Waals surface area contributed by atoms with E-state index in [-0.39, 0.29) is 22.9 Å². The van der Waals surface area contributed by atoms with E-state index in [0.29, 0.717) is 6.54 Å². The third kappa shape index (κ3) is 4.07. The number of aryl methyl sites for hydroxylation is 2. The average molecular weight is 324 g/mol. The average Bonchev–Trinajstić information content (AvgIpc) is 2.88. The first-order chi connectivity index (χ1) is 10.5. The number of hydrogen-bond donors (Lipinski definition) is 0. The van der Waals surface area contributed by atoms with Crippen molar-refractivity contribution in [3.05, 3.63) is 52.8 Å². The predicted molar refractivity (Wildman–Crippen MR) is 84.3 cm³/mol. The van der Waals surface area contributed by atoms with Crippen LogP contribution < -0.4 is 0 Å². The fourth-order valence-corrected chi connectivity index (χ4v) is 2.45. The first-order valence-corrected chi connectivity index (χ1v) is 7.50. The number of hydrogen-bond acceptors (Lipinski definition) is 2. The first-order valence-electron chi connectivity index (χ1n) is 7.12. The largest absolute Gasteiger partial charge is 0.345 e. The Morgan fingerprint density at radius 3 is 2.86 bits per heavy atom. The number of aromatic nitrogens is 2. The minimum atomic E-state index is -0.442. The first kappa shape index (κ1) is 16.5. The van der Waals surface area contributed by atoms with Gasteiger partial charge in [-0.05, 0) is 18.6 Å². The van der Waals surface area contributed by atoms with Gasteiger partial charge in [0.2, 0.25) is 5.91 Å². The minimum absolute atomic E-state index is 0.0234. The molecule has 0 bridgehead atoms. The SMILES string of the molecule is CN(CCCc1nccn1C)C(=O)Cc1c(F)cccc1Cl. The zero-order chi connectivity index (χ0) is 16.1. The van der Waals surface area contributed by atoms with Crippen LogP contribution in [0, 0.1) is 5.82 Å². The highest BCUT2D eigenvalue weighted by Gasteiger charge is 2.15. The van der Waals surface area contributed by atoms with Crippen molar-refractivity contribution in [3.8, 4) is 0 Å². The molecule has 0 atom stereocenters. The molecule has 1 aromatic carbocycles. The lowest BCUT2D eigenvalue weighted by Gasteiger charge is -2.17. The second-order valence-electron chi connectivity index (χ2n) is 5.25. The Morgan fingerprint density at radius 2 is 2.23 bits per heavy atom. The lowest BCUT2D eigenvalue weighted by atomic mass is 10.1. The minimum Gasteiger partial charge on any atom is -0.345 e. The second kappa shape index (κ2) is 7.40. The van der Waals surface area contributed by atoms with Crippen molar-refractivity contribution in [1.29, 1.82) is 0 Å². The van der Waals surface area contributed by atoms with Gasteiger partial charge in [0, 0.05) is 50.0 Å². The van der Waals surface area contributed by atoms with Crippen molar-refractivity contribution in [2.24, 2.45) is 7.05 Å². The number of halogens is 2. The van der Waals surface area contributed by atoms with Crippen LogP contribution in [0.25, 0.3) is 0 Å². The van der Waals surface area contributed by atoms with Crippen LogP contribution in [0.2, 0.25) is 5.02 Å². The fraction of sp³-hybridized carbons (Fsp3) is 0.375. The molecule has 0 radical (unpaired) electrons. The summed E-state index contributed by atoms with van der Waals surface area (Å²) in [6, 6.07) is 4.44. The summed E-state index contributed by atoms with van der Waals surface area (Å²) in [4.78, 5) is 18.0. The van der Waals surface area contributed by atoms with Crippen LogP contribution in [0.5, 0.6) is 0 Å². The van der Waals surface area contributed by atoms with Crippen LogP contribution in [-0.2, 0) is 24.7 Å². The lowest BCUT2D eigenvalue weighted by Crippen LogP contribution is -2.30. The molecule has 22 heavy (non-hydrogen) atoms. The van der Waals surface area contributed by atoms with Gasteiger partial charge in [0.1, 0.15) is 11.6 Å². The highest BCUT2D eigenvalue weighted by atomic mass is 35.5. The Kier molecular flexibility index (Phi) is 5.55. The second-order valence-corrected chi connectivity index (χ2v) is 5.66. The normalized spacial score (nSPS) is 10.7. The molecule has 0 spiro atoms. The smallest absolute Gasteiger partial charge is 0.226 e. The van der Waals surface area contributed by atoms with Crippen molar-refractivity contribution >= 4 is 17.5 Å². The molecule has 1 aromatic heterocycles. The van der Waals surface area contributed by atoms with Gasteiger partial charge in [-0.25, -0.2) is 9.37 Å². The van der Waals surface area contributed by atoms with Crippen LogP contribution in [0.15, 0.2) is 30.6 Å². The van der Waals surface area contributed by atoms with E-state index in [2.05, 4.69) is 4.98 Å². The number of benzene rings is 1. The molecule has 6 heteroatoms. The van der Waals surface area contributed by atoms with Gasteiger partial charge >= 0.3 is 0 Å². The Balaban J connectivity index is 1.86. The maximum absolute atomic E-state index is 13.7. The Morgan fingerprint density at radius 1 is 1.45 bits per heavy atom.